The van der Waals surface area contributed by atoms with Crippen molar-refractivity contribution in [2.45, 2.75) is 6.92 Å². The van der Waals surface area contributed by atoms with E-state index in [1.807, 2.05) is 0 Å². The summed E-state index contributed by atoms with van der Waals surface area (Å²) in [6.45, 7) is 1.26. The molecule has 4 heteroatoms. The fourth-order valence-electron chi connectivity index (χ4n) is 1.52. The molecule has 0 aliphatic heterocycles. The number of hydrogen-bond donors (Lipinski definition) is 2. The lowest BCUT2D eigenvalue weighted by Crippen LogP contribution is -2.01. The number of carbonyl (C=O) groups excluding carboxylic acids is 1. The summed E-state index contributed by atoms with van der Waals surface area (Å²) in [7, 11) is 0. The second kappa shape index (κ2) is 5.81. The van der Waals surface area contributed by atoms with Gasteiger partial charge in [-0.05, 0) is 36.4 Å². The molecule has 0 saturated heterocycles. The lowest BCUT2D eigenvalue weighted by Gasteiger charge is -2.03. The highest BCUT2D eigenvalue weighted by atomic mass is 16.5. The van der Waals surface area contributed by atoms with Crippen LogP contribution in [0.1, 0.15) is 18.1 Å². The maximum atomic E-state index is 10.9. The van der Waals surface area contributed by atoms with E-state index in [2.05, 4.69) is 11.8 Å². The molecule has 0 spiro atoms. The third kappa shape index (κ3) is 3.53. The first kappa shape index (κ1) is 13.5. The van der Waals surface area contributed by atoms with Crippen LogP contribution in [-0.4, -0.2) is 16.2 Å². The van der Waals surface area contributed by atoms with E-state index in [4.69, 9.17) is 9.84 Å². The van der Waals surface area contributed by atoms with E-state index >= 15 is 0 Å². The molecule has 2 N–H and O–H groups in total. The van der Waals surface area contributed by atoms with Gasteiger partial charge in [0.1, 0.15) is 5.75 Å². The minimum absolute atomic E-state index is 0.0787. The van der Waals surface area contributed by atoms with Crippen molar-refractivity contribution in [3.05, 3.63) is 53.6 Å². The molecule has 0 amide bonds. The number of phenolic OH excluding ortho intramolecular Hbond substituents is 2. The molecule has 0 bridgehead atoms. The summed E-state index contributed by atoms with van der Waals surface area (Å²) in [5, 5.41) is 18.7. The fraction of sp³-hybridized carbons (Fsp3) is 0.0625. The van der Waals surface area contributed by atoms with Crippen LogP contribution in [0, 0.1) is 11.8 Å². The highest BCUT2D eigenvalue weighted by molar-refractivity contribution is 5.70. The number of rotatable bonds is 1. The monoisotopic (exact) mass is 268 g/mol. The first-order valence-electron chi connectivity index (χ1n) is 5.87. The molecule has 0 saturated carbocycles. The van der Waals surface area contributed by atoms with Crippen molar-refractivity contribution in [2.24, 2.45) is 0 Å². The smallest absolute Gasteiger partial charge is 0.308 e. The van der Waals surface area contributed by atoms with Crippen LogP contribution in [0.15, 0.2) is 42.5 Å². The second-order valence-corrected chi connectivity index (χ2v) is 4.07. The lowest BCUT2D eigenvalue weighted by atomic mass is 10.1. The van der Waals surface area contributed by atoms with Crippen molar-refractivity contribution >= 4 is 5.97 Å². The van der Waals surface area contributed by atoms with Crippen LogP contribution in [-0.2, 0) is 4.79 Å². The van der Waals surface area contributed by atoms with E-state index in [1.54, 1.807) is 30.3 Å². The van der Waals surface area contributed by atoms with Crippen LogP contribution in [0.5, 0.6) is 17.2 Å². The van der Waals surface area contributed by atoms with E-state index in [0.717, 1.165) is 5.56 Å². The summed E-state index contributed by atoms with van der Waals surface area (Å²) in [6, 6.07) is 11.0. The molecule has 2 aromatic rings. The molecule has 0 aliphatic carbocycles. The molecule has 4 nitrogen and oxygen atoms in total. The van der Waals surface area contributed by atoms with Crippen LogP contribution >= 0.6 is 0 Å². The van der Waals surface area contributed by atoms with Gasteiger partial charge in [0.05, 0.1) is 0 Å². The Hall–Kier alpha value is -2.93. The predicted octanol–water partition coefficient (Wildman–Crippen LogP) is 2.42. The average Bonchev–Trinajstić information content (AvgIpc) is 2.41. The molecule has 2 rings (SSSR count). The van der Waals surface area contributed by atoms with Crippen molar-refractivity contribution in [2.75, 3.05) is 0 Å². The normalized spacial score (nSPS) is 9.45. The molecular weight excluding hydrogens is 256 g/mol. The third-order valence-corrected chi connectivity index (χ3v) is 2.43. The van der Waals surface area contributed by atoms with Crippen molar-refractivity contribution in [1.82, 2.24) is 0 Å². The molecule has 0 aromatic heterocycles. The van der Waals surface area contributed by atoms with Gasteiger partial charge in [0.25, 0.3) is 0 Å². The van der Waals surface area contributed by atoms with Gasteiger partial charge >= 0.3 is 5.97 Å². The number of carbonyl (C=O) groups is 1. The van der Waals surface area contributed by atoms with Gasteiger partial charge < -0.3 is 14.9 Å². The SMILES string of the molecule is CC(=O)Oc1cc(C#Cc2ccc(O)cc2)ccc1O. The standard InChI is InChI=1S/C16H12O4/c1-11(17)20-16-10-13(6-9-15(16)19)3-2-12-4-7-14(18)8-5-12/h4-10,18-19H,1H3. The molecule has 2 aromatic carbocycles. The fourth-order valence-corrected chi connectivity index (χ4v) is 1.52. The van der Waals surface area contributed by atoms with Crippen LogP contribution in [0.4, 0.5) is 0 Å². The minimum atomic E-state index is -0.510. The Balaban J connectivity index is 2.26. The third-order valence-electron chi connectivity index (χ3n) is 2.43. The second-order valence-electron chi connectivity index (χ2n) is 4.07. The van der Waals surface area contributed by atoms with Crippen molar-refractivity contribution in [3.8, 4) is 29.1 Å². The highest BCUT2D eigenvalue weighted by Crippen LogP contribution is 2.26. The van der Waals surface area contributed by atoms with E-state index in [0.29, 0.717) is 5.56 Å². The van der Waals surface area contributed by atoms with Crippen LogP contribution in [0.25, 0.3) is 0 Å². The van der Waals surface area contributed by atoms with Crippen molar-refractivity contribution in [1.29, 1.82) is 0 Å². The summed E-state index contributed by atoms with van der Waals surface area (Å²) in [5.74, 6) is 5.42. The summed E-state index contributed by atoms with van der Waals surface area (Å²) < 4.78 is 4.86. The Kier molecular flexibility index (Phi) is 3.92. The number of benzene rings is 2. The van der Waals surface area contributed by atoms with Gasteiger partial charge in [-0.1, -0.05) is 11.8 Å². The highest BCUT2D eigenvalue weighted by Gasteiger charge is 2.05. The van der Waals surface area contributed by atoms with Crippen LogP contribution < -0.4 is 4.74 Å². The Morgan fingerprint density at radius 1 is 1.00 bits per heavy atom. The molecule has 0 fully saturated rings. The lowest BCUT2D eigenvalue weighted by molar-refractivity contribution is -0.132. The largest absolute Gasteiger partial charge is 0.508 e. The van der Waals surface area contributed by atoms with Crippen LogP contribution in [0.3, 0.4) is 0 Å². The predicted molar refractivity (Wildman–Crippen MR) is 73.5 cm³/mol. The van der Waals surface area contributed by atoms with Crippen molar-refractivity contribution in [3.63, 3.8) is 0 Å². The molecule has 0 radical (unpaired) electrons. The summed E-state index contributed by atoms with van der Waals surface area (Å²) >= 11 is 0. The topological polar surface area (TPSA) is 66.8 Å². The zero-order valence-corrected chi connectivity index (χ0v) is 10.8. The molecular formula is C16H12O4. The van der Waals surface area contributed by atoms with Gasteiger partial charge in [0.2, 0.25) is 0 Å². The maximum absolute atomic E-state index is 10.9. The summed E-state index contributed by atoms with van der Waals surface area (Å²) in [4.78, 5) is 10.9. The van der Waals surface area contributed by atoms with E-state index in [-0.39, 0.29) is 17.2 Å². The molecule has 0 heterocycles. The Bertz CT molecular complexity index is 691. The van der Waals surface area contributed by atoms with Crippen molar-refractivity contribution < 1.29 is 19.7 Å². The molecule has 0 unspecified atom stereocenters. The molecule has 100 valence electrons. The average molecular weight is 268 g/mol. The van der Waals surface area contributed by atoms with Gasteiger partial charge in [-0.2, -0.15) is 0 Å². The number of ether oxygens (including phenoxy) is 1. The Labute approximate surface area is 116 Å². The summed E-state index contributed by atoms with van der Waals surface area (Å²) in [5.41, 5.74) is 1.34. The van der Waals surface area contributed by atoms with Gasteiger partial charge in [0.15, 0.2) is 11.5 Å². The zero-order chi connectivity index (χ0) is 14.5. The van der Waals surface area contributed by atoms with E-state index < -0.39 is 5.97 Å². The van der Waals surface area contributed by atoms with E-state index in [9.17, 15) is 9.90 Å². The summed E-state index contributed by atoms with van der Waals surface area (Å²) in [6.07, 6.45) is 0. The molecule has 20 heavy (non-hydrogen) atoms. The number of esters is 1. The van der Waals surface area contributed by atoms with Gasteiger partial charge in [-0.3, -0.25) is 4.79 Å². The Morgan fingerprint density at radius 3 is 2.25 bits per heavy atom. The molecule has 0 atom stereocenters. The molecule has 0 aliphatic rings. The van der Waals surface area contributed by atoms with Crippen LogP contribution in [0.2, 0.25) is 0 Å². The minimum Gasteiger partial charge on any atom is -0.508 e. The first-order chi connectivity index (χ1) is 9.54. The first-order valence-corrected chi connectivity index (χ1v) is 5.87. The van der Waals surface area contributed by atoms with E-state index in [1.165, 1.54) is 19.1 Å². The van der Waals surface area contributed by atoms with Gasteiger partial charge in [0, 0.05) is 24.1 Å². The van der Waals surface area contributed by atoms with Gasteiger partial charge in [-0.25, -0.2) is 0 Å². The quantitative estimate of drug-likeness (QED) is 0.473. The van der Waals surface area contributed by atoms with Gasteiger partial charge in [-0.15, -0.1) is 0 Å². The zero-order valence-electron chi connectivity index (χ0n) is 10.8. The Morgan fingerprint density at radius 2 is 1.60 bits per heavy atom. The number of aromatic hydroxyl groups is 2. The number of phenols is 2. The maximum Gasteiger partial charge on any atom is 0.308 e. The number of hydrogen-bond acceptors (Lipinski definition) is 4.